The number of amides is 1. The molecule has 1 aromatic carbocycles. The third-order valence-electron chi connectivity index (χ3n) is 4.25. The molecule has 0 radical (unpaired) electrons. The molecule has 1 amide bonds. The van der Waals surface area contributed by atoms with Crippen LogP contribution in [0.15, 0.2) is 30.6 Å². The summed E-state index contributed by atoms with van der Waals surface area (Å²) >= 11 is 0. The third-order valence-corrected chi connectivity index (χ3v) is 4.25. The second kappa shape index (κ2) is 5.35. The van der Waals surface area contributed by atoms with Crippen LogP contribution < -0.4 is 0 Å². The van der Waals surface area contributed by atoms with E-state index in [1.807, 2.05) is 56.3 Å². The number of aryl methyl sites for hydroxylation is 3. The van der Waals surface area contributed by atoms with Crippen molar-refractivity contribution in [1.29, 1.82) is 0 Å². The Morgan fingerprint density at radius 3 is 2.71 bits per heavy atom. The Balaban J connectivity index is 1.62. The molecule has 1 aliphatic heterocycles. The zero-order valence-corrected chi connectivity index (χ0v) is 12.8. The number of nitrogens with zero attached hydrogens (tertiary/aromatic N) is 3. The Morgan fingerprint density at radius 1 is 1.29 bits per heavy atom. The standard InChI is InChI=1S/C17H21N3O/c1-12-4-5-13(2)16(8-12)17(21)20-10-15(11-20)9-19-7-6-18-14(19)3/h4-8,15H,9-11H2,1-3H3. The van der Waals surface area contributed by atoms with E-state index >= 15 is 0 Å². The number of aromatic nitrogens is 2. The molecule has 0 unspecified atom stereocenters. The quantitative estimate of drug-likeness (QED) is 0.868. The van der Waals surface area contributed by atoms with Crippen LogP contribution in [0.25, 0.3) is 0 Å². The van der Waals surface area contributed by atoms with Gasteiger partial charge in [0.1, 0.15) is 5.82 Å². The summed E-state index contributed by atoms with van der Waals surface area (Å²) in [5, 5.41) is 0. The highest BCUT2D eigenvalue weighted by Crippen LogP contribution is 2.22. The van der Waals surface area contributed by atoms with Crippen molar-refractivity contribution >= 4 is 5.91 Å². The molecule has 2 aromatic rings. The number of benzene rings is 1. The van der Waals surface area contributed by atoms with Crippen molar-refractivity contribution in [2.75, 3.05) is 13.1 Å². The van der Waals surface area contributed by atoms with Gasteiger partial charge in [0, 0.05) is 43.5 Å². The minimum absolute atomic E-state index is 0.162. The molecule has 0 saturated carbocycles. The van der Waals surface area contributed by atoms with Gasteiger partial charge < -0.3 is 9.47 Å². The lowest BCUT2D eigenvalue weighted by atomic mass is 9.97. The number of carbonyl (C=O) groups excluding carboxylic acids is 1. The van der Waals surface area contributed by atoms with E-state index in [1.165, 1.54) is 0 Å². The molecule has 21 heavy (non-hydrogen) atoms. The van der Waals surface area contributed by atoms with Crippen molar-refractivity contribution in [1.82, 2.24) is 14.5 Å². The van der Waals surface area contributed by atoms with Crippen molar-refractivity contribution in [3.8, 4) is 0 Å². The number of hydrogen-bond donors (Lipinski definition) is 0. The normalized spacial score (nSPS) is 15.1. The van der Waals surface area contributed by atoms with E-state index in [-0.39, 0.29) is 5.91 Å². The summed E-state index contributed by atoms with van der Waals surface area (Å²) in [5.74, 6) is 1.73. The molecule has 1 aliphatic rings. The maximum absolute atomic E-state index is 12.5. The van der Waals surface area contributed by atoms with Gasteiger partial charge in [-0.25, -0.2) is 4.98 Å². The van der Waals surface area contributed by atoms with Crippen molar-refractivity contribution in [2.45, 2.75) is 27.3 Å². The van der Waals surface area contributed by atoms with E-state index in [9.17, 15) is 4.79 Å². The first-order valence-corrected chi connectivity index (χ1v) is 7.39. The molecule has 0 spiro atoms. The van der Waals surface area contributed by atoms with Crippen molar-refractivity contribution in [3.05, 3.63) is 53.1 Å². The van der Waals surface area contributed by atoms with Crippen LogP contribution in [0, 0.1) is 26.7 Å². The number of imidazole rings is 1. The first kappa shape index (κ1) is 13.9. The van der Waals surface area contributed by atoms with E-state index in [0.29, 0.717) is 5.92 Å². The summed E-state index contributed by atoms with van der Waals surface area (Å²) in [4.78, 5) is 18.7. The fourth-order valence-electron chi connectivity index (χ4n) is 2.86. The van der Waals surface area contributed by atoms with Gasteiger partial charge in [0.15, 0.2) is 0 Å². The smallest absolute Gasteiger partial charge is 0.254 e. The molecule has 1 saturated heterocycles. The molecule has 1 aromatic heterocycles. The molecule has 4 heteroatoms. The average molecular weight is 283 g/mol. The minimum atomic E-state index is 0.162. The van der Waals surface area contributed by atoms with Gasteiger partial charge in [0.05, 0.1) is 0 Å². The molecule has 0 atom stereocenters. The zero-order valence-electron chi connectivity index (χ0n) is 12.8. The van der Waals surface area contributed by atoms with Gasteiger partial charge in [-0.05, 0) is 32.4 Å². The lowest BCUT2D eigenvalue weighted by Gasteiger charge is -2.40. The monoisotopic (exact) mass is 283 g/mol. The lowest BCUT2D eigenvalue weighted by Crippen LogP contribution is -2.51. The van der Waals surface area contributed by atoms with Gasteiger partial charge in [-0.2, -0.15) is 0 Å². The highest BCUT2D eigenvalue weighted by molar-refractivity contribution is 5.96. The zero-order chi connectivity index (χ0) is 15.0. The molecule has 0 N–H and O–H groups in total. The minimum Gasteiger partial charge on any atom is -0.338 e. The Bertz CT molecular complexity index is 668. The predicted octanol–water partition coefficient (Wildman–Crippen LogP) is 2.58. The van der Waals surface area contributed by atoms with Crippen LogP contribution in [-0.4, -0.2) is 33.4 Å². The third kappa shape index (κ3) is 2.71. The molecular formula is C17H21N3O. The van der Waals surface area contributed by atoms with Crippen molar-refractivity contribution in [3.63, 3.8) is 0 Å². The van der Waals surface area contributed by atoms with Gasteiger partial charge in [-0.3, -0.25) is 4.79 Å². The van der Waals surface area contributed by atoms with Crippen LogP contribution in [0.3, 0.4) is 0 Å². The fraction of sp³-hybridized carbons (Fsp3) is 0.412. The highest BCUT2D eigenvalue weighted by atomic mass is 16.2. The van der Waals surface area contributed by atoms with Crippen molar-refractivity contribution < 1.29 is 4.79 Å². The lowest BCUT2D eigenvalue weighted by molar-refractivity contribution is 0.0467. The van der Waals surface area contributed by atoms with Crippen LogP contribution in [0.1, 0.15) is 27.3 Å². The summed E-state index contributed by atoms with van der Waals surface area (Å²) in [7, 11) is 0. The second-order valence-corrected chi connectivity index (χ2v) is 6.02. The Hall–Kier alpha value is -2.10. The van der Waals surface area contributed by atoms with E-state index < -0.39 is 0 Å². The Kier molecular flexibility index (Phi) is 3.53. The Morgan fingerprint density at radius 2 is 2.05 bits per heavy atom. The average Bonchev–Trinajstić information content (AvgIpc) is 2.81. The van der Waals surface area contributed by atoms with Crippen LogP contribution in [0.2, 0.25) is 0 Å². The van der Waals surface area contributed by atoms with Crippen LogP contribution in [0.5, 0.6) is 0 Å². The van der Waals surface area contributed by atoms with Crippen LogP contribution in [-0.2, 0) is 6.54 Å². The summed E-state index contributed by atoms with van der Waals surface area (Å²) in [6.07, 6.45) is 3.83. The number of hydrogen-bond acceptors (Lipinski definition) is 2. The van der Waals surface area contributed by atoms with E-state index in [4.69, 9.17) is 0 Å². The molecule has 2 heterocycles. The molecule has 4 nitrogen and oxygen atoms in total. The largest absolute Gasteiger partial charge is 0.338 e. The second-order valence-electron chi connectivity index (χ2n) is 6.02. The van der Waals surface area contributed by atoms with Gasteiger partial charge in [-0.1, -0.05) is 17.7 Å². The highest BCUT2D eigenvalue weighted by Gasteiger charge is 2.32. The summed E-state index contributed by atoms with van der Waals surface area (Å²) < 4.78 is 2.16. The maximum atomic E-state index is 12.5. The molecule has 0 aliphatic carbocycles. The SMILES string of the molecule is Cc1ccc(C)c(C(=O)N2CC(Cn3ccnc3C)C2)c1. The summed E-state index contributed by atoms with van der Waals surface area (Å²) in [6, 6.07) is 6.06. The number of likely N-dealkylation sites (tertiary alicyclic amines) is 1. The van der Waals surface area contributed by atoms with Crippen LogP contribution >= 0.6 is 0 Å². The van der Waals surface area contributed by atoms with Gasteiger partial charge in [-0.15, -0.1) is 0 Å². The molecule has 110 valence electrons. The van der Waals surface area contributed by atoms with E-state index in [0.717, 1.165) is 42.1 Å². The first-order chi connectivity index (χ1) is 10.0. The number of rotatable bonds is 3. The van der Waals surface area contributed by atoms with Crippen molar-refractivity contribution in [2.24, 2.45) is 5.92 Å². The van der Waals surface area contributed by atoms with E-state index in [1.54, 1.807) is 0 Å². The van der Waals surface area contributed by atoms with Gasteiger partial charge in [0.2, 0.25) is 0 Å². The predicted molar refractivity (Wildman–Crippen MR) is 82.3 cm³/mol. The molecular weight excluding hydrogens is 262 g/mol. The Labute approximate surface area is 125 Å². The van der Waals surface area contributed by atoms with Crippen LogP contribution in [0.4, 0.5) is 0 Å². The van der Waals surface area contributed by atoms with Gasteiger partial charge >= 0.3 is 0 Å². The fourth-order valence-corrected chi connectivity index (χ4v) is 2.86. The number of carbonyl (C=O) groups is 1. The maximum Gasteiger partial charge on any atom is 0.254 e. The van der Waals surface area contributed by atoms with Gasteiger partial charge in [0.25, 0.3) is 5.91 Å². The summed E-state index contributed by atoms with van der Waals surface area (Å²) in [5.41, 5.74) is 3.03. The molecule has 0 bridgehead atoms. The topological polar surface area (TPSA) is 38.1 Å². The first-order valence-electron chi connectivity index (χ1n) is 7.39. The molecule has 1 fully saturated rings. The van der Waals surface area contributed by atoms with E-state index in [2.05, 4.69) is 9.55 Å². The summed E-state index contributed by atoms with van der Waals surface area (Å²) in [6.45, 7) is 8.66. The molecule has 3 rings (SSSR count).